The van der Waals surface area contributed by atoms with Gasteiger partial charge in [0, 0.05) is 0 Å². The first kappa shape index (κ1) is 23.6. The lowest BCUT2D eigenvalue weighted by Crippen LogP contribution is -2.59. The molecular formula is C27H34N2O4. The van der Waals surface area contributed by atoms with E-state index in [0.29, 0.717) is 25.9 Å². The van der Waals surface area contributed by atoms with Crippen molar-refractivity contribution in [3.8, 4) is 0 Å². The number of ether oxygens (including phenoxy) is 2. The summed E-state index contributed by atoms with van der Waals surface area (Å²) in [5.41, 5.74) is 7.79. The van der Waals surface area contributed by atoms with Crippen LogP contribution in [0.4, 0.5) is 0 Å². The molecule has 2 aliphatic rings. The van der Waals surface area contributed by atoms with E-state index in [0.717, 1.165) is 36.8 Å². The normalized spacial score (nSPS) is 23.9. The summed E-state index contributed by atoms with van der Waals surface area (Å²) in [4.78, 5) is 27.7. The van der Waals surface area contributed by atoms with Crippen molar-refractivity contribution in [2.24, 2.45) is 17.1 Å². The Morgan fingerprint density at radius 2 is 1.73 bits per heavy atom. The van der Waals surface area contributed by atoms with E-state index in [4.69, 9.17) is 15.2 Å². The third kappa shape index (κ3) is 5.03. The van der Waals surface area contributed by atoms with Crippen molar-refractivity contribution in [1.82, 2.24) is 4.90 Å². The topological polar surface area (TPSA) is 81.9 Å². The highest BCUT2D eigenvalue weighted by Gasteiger charge is 2.53. The Kier molecular flexibility index (Phi) is 7.58. The van der Waals surface area contributed by atoms with Gasteiger partial charge in [0.1, 0.15) is 6.23 Å². The largest absolute Gasteiger partial charge is 0.358 e. The van der Waals surface area contributed by atoms with Crippen molar-refractivity contribution in [3.05, 3.63) is 71.8 Å². The van der Waals surface area contributed by atoms with Crippen LogP contribution in [-0.4, -0.2) is 42.2 Å². The number of aldehydes is 1. The van der Waals surface area contributed by atoms with Gasteiger partial charge < -0.3 is 20.1 Å². The Hall–Kier alpha value is -2.54. The summed E-state index contributed by atoms with van der Waals surface area (Å²) in [7, 11) is 0. The van der Waals surface area contributed by atoms with E-state index in [-0.39, 0.29) is 17.9 Å². The van der Waals surface area contributed by atoms with E-state index in [1.165, 1.54) is 0 Å². The average molecular weight is 451 g/mol. The van der Waals surface area contributed by atoms with E-state index >= 15 is 0 Å². The quantitative estimate of drug-likeness (QED) is 0.466. The predicted molar refractivity (Wildman–Crippen MR) is 126 cm³/mol. The molecule has 1 saturated heterocycles. The molecule has 0 radical (unpaired) electrons. The van der Waals surface area contributed by atoms with E-state index < -0.39 is 17.9 Å². The zero-order valence-corrected chi connectivity index (χ0v) is 19.3. The fourth-order valence-corrected chi connectivity index (χ4v) is 5.27. The summed E-state index contributed by atoms with van der Waals surface area (Å²) in [6.07, 6.45) is 3.64. The molecule has 0 spiro atoms. The minimum absolute atomic E-state index is 0.0982. The highest BCUT2D eigenvalue weighted by molar-refractivity contribution is 5.86. The second-order valence-electron chi connectivity index (χ2n) is 9.40. The molecule has 2 N–H and O–H groups in total. The summed E-state index contributed by atoms with van der Waals surface area (Å²) in [6, 6.07) is 19.6. The summed E-state index contributed by atoms with van der Waals surface area (Å²) in [5, 5.41) is 0. The summed E-state index contributed by atoms with van der Waals surface area (Å²) in [5.74, 6) is -0.0495. The lowest BCUT2D eigenvalue weighted by molar-refractivity contribution is -0.166. The second-order valence-corrected chi connectivity index (χ2v) is 9.40. The molecule has 2 aromatic carbocycles. The molecule has 4 atom stereocenters. The van der Waals surface area contributed by atoms with Gasteiger partial charge in [-0.05, 0) is 43.2 Å². The molecule has 176 valence electrons. The van der Waals surface area contributed by atoms with Crippen LogP contribution in [0.1, 0.15) is 43.7 Å². The van der Waals surface area contributed by atoms with Crippen molar-refractivity contribution in [1.29, 1.82) is 0 Å². The lowest BCUT2D eigenvalue weighted by Gasteiger charge is -2.43. The number of rotatable bonds is 9. The number of amides is 1. The lowest BCUT2D eigenvalue weighted by atomic mass is 9.72. The van der Waals surface area contributed by atoms with Crippen LogP contribution in [0.3, 0.4) is 0 Å². The van der Waals surface area contributed by atoms with E-state index in [1.54, 1.807) is 4.90 Å². The number of hydrogen-bond donors (Lipinski definition) is 1. The van der Waals surface area contributed by atoms with Gasteiger partial charge in [0.15, 0.2) is 12.5 Å². The Balaban J connectivity index is 1.59. The number of benzene rings is 2. The molecule has 6 heteroatoms. The van der Waals surface area contributed by atoms with Gasteiger partial charge >= 0.3 is 0 Å². The number of hydrogen-bond acceptors (Lipinski definition) is 5. The van der Waals surface area contributed by atoms with Crippen LogP contribution in [0, 0.1) is 11.3 Å². The Labute approximate surface area is 196 Å². The third-order valence-corrected chi connectivity index (χ3v) is 7.32. The number of carbonyl (C=O) groups excluding carboxylic acids is 2. The molecule has 0 aromatic heterocycles. The van der Waals surface area contributed by atoms with Crippen LogP contribution in [0.2, 0.25) is 0 Å². The van der Waals surface area contributed by atoms with Crippen LogP contribution < -0.4 is 5.73 Å². The highest BCUT2D eigenvalue weighted by Crippen LogP contribution is 2.44. The molecule has 0 bridgehead atoms. The maximum atomic E-state index is 14.2. The highest BCUT2D eigenvalue weighted by atomic mass is 16.5. The van der Waals surface area contributed by atoms with Crippen LogP contribution in [0.15, 0.2) is 60.7 Å². The van der Waals surface area contributed by atoms with Crippen molar-refractivity contribution in [2.75, 3.05) is 6.61 Å². The monoisotopic (exact) mass is 450 g/mol. The van der Waals surface area contributed by atoms with Gasteiger partial charge in [-0.1, -0.05) is 73.5 Å². The molecule has 33 heavy (non-hydrogen) atoms. The molecular weight excluding hydrogens is 416 g/mol. The Morgan fingerprint density at radius 1 is 1.12 bits per heavy atom. The SMILES string of the molecule is CC(C(=O)N1C(Cc2ccccc2)COC1C=O)(C1CCCC1)C(N)OCc1ccccc1. The molecule has 1 saturated carbocycles. The average Bonchev–Trinajstić information content (AvgIpc) is 3.53. The van der Waals surface area contributed by atoms with Gasteiger partial charge in [-0.2, -0.15) is 0 Å². The molecule has 1 amide bonds. The summed E-state index contributed by atoms with van der Waals surface area (Å²) < 4.78 is 11.9. The fraction of sp³-hybridized carbons (Fsp3) is 0.481. The van der Waals surface area contributed by atoms with Crippen LogP contribution >= 0.6 is 0 Å². The van der Waals surface area contributed by atoms with Gasteiger partial charge in [-0.3, -0.25) is 9.59 Å². The number of nitrogens with two attached hydrogens (primary N) is 1. The predicted octanol–water partition coefficient (Wildman–Crippen LogP) is 3.68. The van der Waals surface area contributed by atoms with E-state index in [2.05, 4.69) is 0 Å². The van der Waals surface area contributed by atoms with Crippen molar-refractivity contribution in [3.63, 3.8) is 0 Å². The molecule has 1 heterocycles. The zero-order valence-electron chi connectivity index (χ0n) is 19.3. The van der Waals surface area contributed by atoms with Gasteiger partial charge in [0.05, 0.1) is 24.7 Å². The van der Waals surface area contributed by atoms with Gasteiger partial charge in [0.2, 0.25) is 5.91 Å². The number of nitrogens with zero attached hydrogens (tertiary/aromatic N) is 1. The first-order valence-corrected chi connectivity index (χ1v) is 11.9. The Morgan fingerprint density at radius 3 is 2.33 bits per heavy atom. The summed E-state index contributed by atoms with van der Waals surface area (Å²) in [6.45, 7) is 2.57. The zero-order chi connectivity index (χ0) is 23.3. The fourth-order valence-electron chi connectivity index (χ4n) is 5.27. The maximum absolute atomic E-state index is 14.2. The molecule has 1 aliphatic carbocycles. The second kappa shape index (κ2) is 10.6. The van der Waals surface area contributed by atoms with Gasteiger partial charge in [-0.25, -0.2) is 0 Å². The first-order chi connectivity index (χ1) is 16.0. The van der Waals surface area contributed by atoms with Gasteiger partial charge in [0.25, 0.3) is 0 Å². The van der Waals surface area contributed by atoms with Gasteiger partial charge in [-0.15, -0.1) is 0 Å². The first-order valence-electron chi connectivity index (χ1n) is 11.9. The van der Waals surface area contributed by atoms with Crippen molar-refractivity contribution in [2.45, 2.75) is 64.1 Å². The number of carbonyl (C=O) groups is 2. The van der Waals surface area contributed by atoms with E-state index in [1.807, 2.05) is 67.6 Å². The third-order valence-electron chi connectivity index (χ3n) is 7.32. The Bertz CT molecular complexity index is 916. The van der Waals surface area contributed by atoms with Crippen molar-refractivity contribution < 1.29 is 19.1 Å². The minimum atomic E-state index is -0.949. The van der Waals surface area contributed by atoms with Crippen LogP contribution in [0.25, 0.3) is 0 Å². The molecule has 1 aliphatic heterocycles. The van der Waals surface area contributed by atoms with E-state index in [9.17, 15) is 9.59 Å². The molecule has 4 unspecified atom stereocenters. The molecule has 2 aromatic rings. The van der Waals surface area contributed by atoms with Crippen LogP contribution in [0.5, 0.6) is 0 Å². The van der Waals surface area contributed by atoms with Crippen molar-refractivity contribution >= 4 is 12.2 Å². The molecule has 4 rings (SSSR count). The molecule has 6 nitrogen and oxygen atoms in total. The molecule has 2 fully saturated rings. The maximum Gasteiger partial charge on any atom is 0.235 e. The standard InChI is InChI=1S/C27H34N2O4/c1-27(22-14-8-9-15-22,25(28)33-18-21-12-6-3-7-13-21)26(31)29-23(19-32-24(29)17-30)16-20-10-4-2-5-11-20/h2-7,10-13,17,22-25H,8-9,14-16,18-19,28H2,1H3. The minimum Gasteiger partial charge on any atom is -0.358 e. The van der Waals surface area contributed by atoms with Crippen LogP contribution in [-0.2, 0) is 32.1 Å². The summed E-state index contributed by atoms with van der Waals surface area (Å²) >= 11 is 0. The smallest absolute Gasteiger partial charge is 0.235 e.